The molecule has 0 spiro atoms. The first-order valence-corrected chi connectivity index (χ1v) is 12.2. The van der Waals surface area contributed by atoms with Gasteiger partial charge in [0, 0.05) is 12.1 Å². The molecule has 0 saturated carbocycles. The molecular formula is C31H31ClN2O4. The fraction of sp³-hybridized carbons (Fsp3) is 0.226. The van der Waals surface area contributed by atoms with Gasteiger partial charge in [-0.1, -0.05) is 60.7 Å². The van der Waals surface area contributed by atoms with Crippen LogP contribution in [0.25, 0.3) is 21.9 Å². The zero-order valence-electron chi connectivity index (χ0n) is 21.3. The lowest BCUT2D eigenvalue weighted by atomic mass is 9.93. The molecule has 4 aromatic rings. The molecule has 0 amide bonds. The molecule has 0 heterocycles. The predicted molar refractivity (Wildman–Crippen MR) is 152 cm³/mol. The Morgan fingerprint density at radius 3 is 2.34 bits per heavy atom. The van der Waals surface area contributed by atoms with Gasteiger partial charge < -0.3 is 20.3 Å². The Balaban J connectivity index is 0.00000400. The van der Waals surface area contributed by atoms with Crippen LogP contribution in [0.15, 0.2) is 84.9 Å². The number of carboxylic acids is 1. The molecule has 4 aromatic carbocycles. The van der Waals surface area contributed by atoms with Crippen LogP contribution in [0.4, 0.5) is 0 Å². The number of aliphatic hydroxyl groups is 1. The smallest absolute Gasteiger partial charge is 0.335 e. The summed E-state index contributed by atoms with van der Waals surface area (Å²) in [5, 5.41) is 35.1. The number of nitrogens with one attached hydrogen (secondary N) is 1. The van der Waals surface area contributed by atoms with Crippen LogP contribution in [0.5, 0.6) is 5.75 Å². The van der Waals surface area contributed by atoms with Gasteiger partial charge in [0.2, 0.25) is 0 Å². The molecule has 0 unspecified atom stereocenters. The van der Waals surface area contributed by atoms with E-state index >= 15 is 0 Å². The highest BCUT2D eigenvalue weighted by atomic mass is 35.5. The number of fused-ring (bicyclic) bond motifs is 1. The van der Waals surface area contributed by atoms with Gasteiger partial charge in [-0.25, -0.2) is 4.79 Å². The lowest BCUT2D eigenvalue weighted by Gasteiger charge is -2.28. The van der Waals surface area contributed by atoms with Crippen molar-refractivity contribution in [2.45, 2.75) is 31.9 Å². The quantitative estimate of drug-likeness (QED) is 0.238. The molecule has 4 rings (SSSR count). The normalized spacial score (nSPS) is 11.8. The molecule has 0 bridgehead atoms. The zero-order valence-corrected chi connectivity index (χ0v) is 22.2. The van der Waals surface area contributed by atoms with Crippen molar-refractivity contribution in [1.29, 1.82) is 5.26 Å². The first-order valence-electron chi connectivity index (χ1n) is 12.2. The summed E-state index contributed by atoms with van der Waals surface area (Å²) in [7, 11) is 0. The Morgan fingerprint density at radius 1 is 0.974 bits per heavy atom. The number of nitriles is 1. The molecule has 38 heavy (non-hydrogen) atoms. The first kappa shape index (κ1) is 28.7. The third kappa shape index (κ3) is 7.33. The van der Waals surface area contributed by atoms with E-state index in [-0.39, 0.29) is 30.1 Å². The Kier molecular flexibility index (Phi) is 9.49. The molecule has 0 aliphatic heterocycles. The molecule has 1 atom stereocenters. The lowest BCUT2D eigenvalue weighted by Crippen LogP contribution is -2.46. The highest BCUT2D eigenvalue weighted by Gasteiger charge is 2.20. The molecular weight excluding hydrogens is 500 g/mol. The second kappa shape index (κ2) is 12.6. The van der Waals surface area contributed by atoms with Crippen molar-refractivity contribution in [2.75, 3.05) is 13.2 Å². The minimum Gasteiger partial charge on any atom is -0.489 e. The highest BCUT2D eigenvalue weighted by molar-refractivity contribution is 5.88. The largest absolute Gasteiger partial charge is 0.489 e. The average molecular weight is 531 g/mol. The maximum Gasteiger partial charge on any atom is 0.335 e. The summed E-state index contributed by atoms with van der Waals surface area (Å²) in [5.41, 5.74) is 3.10. The summed E-state index contributed by atoms with van der Waals surface area (Å²) >= 11 is 0. The van der Waals surface area contributed by atoms with Crippen molar-refractivity contribution in [1.82, 2.24) is 5.32 Å². The van der Waals surface area contributed by atoms with Crippen molar-refractivity contribution in [3.8, 4) is 22.9 Å². The lowest BCUT2D eigenvalue weighted by molar-refractivity contribution is 0.0697. The number of nitrogens with zero attached hydrogens (tertiary/aromatic N) is 1. The number of ether oxygens (including phenoxy) is 1. The fourth-order valence-corrected chi connectivity index (χ4v) is 4.29. The number of β-amino-alcohol motifs (C(OH)–C–C–N with tert-alkyl or cyclic N) is 1. The molecule has 3 N–H and O–H groups in total. The Morgan fingerprint density at radius 2 is 1.66 bits per heavy atom. The van der Waals surface area contributed by atoms with Gasteiger partial charge in [-0.2, -0.15) is 5.26 Å². The molecule has 0 aromatic heterocycles. The van der Waals surface area contributed by atoms with Gasteiger partial charge in [0.25, 0.3) is 0 Å². The van der Waals surface area contributed by atoms with E-state index < -0.39 is 12.1 Å². The Hall–Kier alpha value is -3.89. The summed E-state index contributed by atoms with van der Waals surface area (Å²) in [6, 6.07) is 28.6. The number of benzene rings is 4. The first-order chi connectivity index (χ1) is 17.7. The van der Waals surface area contributed by atoms with Crippen LogP contribution in [0.1, 0.15) is 35.3 Å². The molecule has 6 nitrogen and oxygen atoms in total. The van der Waals surface area contributed by atoms with Crippen molar-refractivity contribution < 1.29 is 19.7 Å². The van der Waals surface area contributed by atoms with Crippen LogP contribution in [-0.2, 0) is 6.42 Å². The van der Waals surface area contributed by atoms with Crippen LogP contribution in [0.3, 0.4) is 0 Å². The minimum atomic E-state index is -0.988. The van der Waals surface area contributed by atoms with Crippen molar-refractivity contribution in [3.05, 3.63) is 102 Å². The van der Waals surface area contributed by atoms with E-state index in [2.05, 4.69) is 55.6 Å². The van der Waals surface area contributed by atoms with Gasteiger partial charge in [0.15, 0.2) is 0 Å². The standard InChI is InChI=1S/C31H30N2O4.ClH/c1-31(2,17-21-7-8-22-5-3-4-6-25(22)15-21)33-19-28(34)20-37-29-14-13-26(16-27(29)18-32)23-9-11-24(12-10-23)30(35)36;/h3-16,28,33-34H,17,19-20H2,1-2H3,(H,35,36);1H/t28-;/m1./s1. The van der Waals surface area contributed by atoms with Crippen molar-refractivity contribution in [2.24, 2.45) is 0 Å². The number of rotatable bonds is 10. The van der Waals surface area contributed by atoms with E-state index in [1.165, 1.54) is 28.5 Å². The van der Waals surface area contributed by atoms with Gasteiger partial charge in [0.1, 0.15) is 24.5 Å². The summed E-state index contributed by atoms with van der Waals surface area (Å²) in [5.74, 6) is -0.596. The highest BCUT2D eigenvalue weighted by Crippen LogP contribution is 2.27. The molecule has 0 fully saturated rings. The van der Waals surface area contributed by atoms with Crippen LogP contribution >= 0.6 is 12.4 Å². The Labute approximate surface area is 228 Å². The van der Waals surface area contributed by atoms with E-state index in [4.69, 9.17) is 9.84 Å². The van der Waals surface area contributed by atoms with Gasteiger partial charge in [-0.05, 0) is 72.0 Å². The number of halogens is 1. The van der Waals surface area contributed by atoms with E-state index in [9.17, 15) is 15.2 Å². The monoisotopic (exact) mass is 530 g/mol. The Bertz CT molecular complexity index is 1440. The fourth-order valence-electron chi connectivity index (χ4n) is 4.29. The van der Waals surface area contributed by atoms with Gasteiger partial charge >= 0.3 is 5.97 Å². The minimum absolute atomic E-state index is 0. The maximum atomic E-state index is 11.1. The van der Waals surface area contributed by atoms with Crippen LogP contribution in [0, 0.1) is 11.3 Å². The second-order valence-electron chi connectivity index (χ2n) is 9.79. The zero-order chi connectivity index (χ0) is 26.4. The number of hydrogen-bond donors (Lipinski definition) is 3. The SMILES string of the molecule is CC(C)(Cc1ccc2ccccc2c1)NC[C@@H](O)COc1ccc(-c2ccc(C(=O)O)cc2)cc1C#N.Cl. The summed E-state index contributed by atoms with van der Waals surface area (Å²) in [4.78, 5) is 11.1. The maximum absolute atomic E-state index is 11.1. The van der Waals surface area contributed by atoms with E-state index in [0.717, 1.165) is 17.5 Å². The third-order valence-corrected chi connectivity index (χ3v) is 6.27. The van der Waals surface area contributed by atoms with E-state index in [0.29, 0.717) is 17.9 Å². The molecule has 196 valence electrons. The number of hydrogen-bond acceptors (Lipinski definition) is 5. The average Bonchev–Trinajstić information content (AvgIpc) is 2.90. The predicted octanol–water partition coefficient (Wildman–Crippen LogP) is 5.85. The topological polar surface area (TPSA) is 103 Å². The number of carbonyl (C=O) groups is 1. The summed E-state index contributed by atoms with van der Waals surface area (Å²) in [6.07, 6.45) is 0.0458. The van der Waals surface area contributed by atoms with Crippen LogP contribution in [0.2, 0.25) is 0 Å². The third-order valence-electron chi connectivity index (χ3n) is 6.27. The van der Waals surface area contributed by atoms with Crippen molar-refractivity contribution in [3.63, 3.8) is 0 Å². The molecule has 0 aliphatic rings. The van der Waals surface area contributed by atoms with Gasteiger partial charge in [0.05, 0.1) is 11.1 Å². The molecule has 7 heteroatoms. The number of aromatic carboxylic acids is 1. The molecule has 0 aliphatic carbocycles. The molecule has 0 radical (unpaired) electrons. The van der Waals surface area contributed by atoms with Gasteiger partial charge in [-0.3, -0.25) is 0 Å². The second-order valence-corrected chi connectivity index (χ2v) is 9.79. The van der Waals surface area contributed by atoms with E-state index in [1.807, 2.05) is 18.2 Å². The number of aliphatic hydroxyl groups excluding tert-OH is 1. The van der Waals surface area contributed by atoms with Crippen molar-refractivity contribution >= 4 is 29.1 Å². The van der Waals surface area contributed by atoms with E-state index in [1.54, 1.807) is 24.3 Å². The summed E-state index contributed by atoms with van der Waals surface area (Å²) in [6.45, 7) is 4.59. The molecule has 0 saturated heterocycles. The number of carboxylic acid groups (broad SMARTS) is 1. The summed E-state index contributed by atoms with van der Waals surface area (Å²) < 4.78 is 5.77. The van der Waals surface area contributed by atoms with Crippen LogP contribution < -0.4 is 10.1 Å². The van der Waals surface area contributed by atoms with Gasteiger partial charge in [-0.15, -0.1) is 12.4 Å². The van der Waals surface area contributed by atoms with Crippen LogP contribution in [-0.4, -0.2) is 41.0 Å².